The van der Waals surface area contributed by atoms with Gasteiger partial charge in [-0.25, -0.2) is 0 Å². The first-order valence-corrected chi connectivity index (χ1v) is 6.09. The standard InChI is InChI=1S/C13H16F3NO3/c1-2-17-12(19)5-6-20-11-4-3-9(8-18)7-10(11)13(14,15)16/h3-4,7,18H,2,5-6,8H2,1H3,(H,17,19). The van der Waals surface area contributed by atoms with Crippen molar-refractivity contribution in [2.24, 2.45) is 0 Å². The van der Waals surface area contributed by atoms with Gasteiger partial charge in [0.15, 0.2) is 0 Å². The van der Waals surface area contributed by atoms with Crippen molar-refractivity contribution in [1.29, 1.82) is 0 Å². The van der Waals surface area contributed by atoms with Gasteiger partial charge in [-0.3, -0.25) is 4.79 Å². The molecule has 0 saturated heterocycles. The maximum absolute atomic E-state index is 12.8. The van der Waals surface area contributed by atoms with Crippen molar-refractivity contribution >= 4 is 5.91 Å². The number of nitrogens with one attached hydrogen (secondary N) is 1. The highest BCUT2D eigenvalue weighted by molar-refractivity contribution is 5.75. The number of ether oxygens (including phenoxy) is 1. The molecular formula is C13H16F3NO3. The van der Waals surface area contributed by atoms with Gasteiger partial charge in [-0.05, 0) is 24.6 Å². The summed E-state index contributed by atoms with van der Waals surface area (Å²) in [6.07, 6.45) is -4.60. The number of hydrogen-bond acceptors (Lipinski definition) is 3. The van der Waals surface area contributed by atoms with E-state index in [1.807, 2.05) is 0 Å². The third-order valence-electron chi connectivity index (χ3n) is 2.49. The molecule has 0 bridgehead atoms. The summed E-state index contributed by atoms with van der Waals surface area (Å²) in [6, 6.07) is 3.32. The van der Waals surface area contributed by atoms with Gasteiger partial charge in [0, 0.05) is 6.54 Å². The monoisotopic (exact) mass is 291 g/mol. The molecule has 1 amide bonds. The Morgan fingerprint density at radius 3 is 2.65 bits per heavy atom. The molecule has 7 heteroatoms. The van der Waals surface area contributed by atoms with E-state index < -0.39 is 18.3 Å². The summed E-state index contributed by atoms with van der Waals surface area (Å²) in [4.78, 5) is 11.2. The summed E-state index contributed by atoms with van der Waals surface area (Å²) in [5, 5.41) is 11.4. The van der Waals surface area contributed by atoms with E-state index in [0.717, 1.165) is 12.1 Å². The minimum Gasteiger partial charge on any atom is -0.492 e. The molecular weight excluding hydrogens is 275 g/mol. The predicted octanol–water partition coefficient (Wildman–Crippen LogP) is 2.10. The number of alkyl halides is 3. The number of carbonyl (C=O) groups excluding carboxylic acids is 1. The number of carbonyl (C=O) groups is 1. The minimum atomic E-state index is -4.58. The zero-order valence-electron chi connectivity index (χ0n) is 11.0. The SMILES string of the molecule is CCNC(=O)CCOc1ccc(CO)cc1C(F)(F)F. The Hall–Kier alpha value is -1.76. The van der Waals surface area contributed by atoms with Crippen molar-refractivity contribution in [3.63, 3.8) is 0 Å². The lowest BCUT2D eigenvalue weighted by molar-refractivity contribution is -0.139. The average Bonchev–Trinajstić information content (AvgIpc) is 2.38. The molecule has 1 rings (SSSR count). The van der Waals surface area contributed by atoms with Crippen molar-refractivity contribution in [3.8, 4) is 5.75 Å². The number of hydrogen-bond donors (Lipinski definition) is 2. The zero-order chi connectivity index (χ0) is 15.2. The van der Waals surface area contributed by atoms with Crippen molar-refractivity contribution in [2.45, 2.75) is 26.1 Å². The van der Waals surface area contributed by atoms with Crippen LogP contribution in [-0.4, -0.2) is 24.2 Å². The second-order valence-electron chi connectivity index (χ2n) is 4.04. The molecule has 1 aromatic rings. The largest absolute Gasteiger partial charge is 0.492 e. The molecule has 0 unspecified atom stereocenters. The first kappa shape index (κ1) is 16.3. The van der Waals surface area contributed by atoms with E-state index in [0.29, 0.717) is 6.54 Å². The van der Waals surface area contributed by atoms with Crippen LogP contribution in [-0.2, 0) is 17.6 Å². The van der Waals surface area contributed by atoms with Crippen LogP contribution in [0.15, 0.2) is 18.2 Å². The molecule has 0 heterocycles. The second-order valence-corrected chi connectivity index (χ2v) is 4.04. The van der Waals surface area contributed by atoms with Gasteiger partial charge in [0.2, 0.25) is 5.91 Å². The molecule has 0 atom stereocenters. The van der Waals surface area contributed by atoms with Gasteiger partial charge in [-0.15, -0.1) is 0 Å². The fourth-order valence-electron chi connectivity index (χ4n) is 1.56. The van der Waals surface area contributed by atoms with Crippen LogP contribution in [0.3, 0.4) is 0 Å². The molecule has 1 aromatic carbocycles. The molecule has 20 heavy (non-hydrogen) atoms. The Morgan fingerprint density at radius 2 is 2.10 bits per heavy atom. The maximum atomic E-state index is 12.8. The molecule has 2 N–H and O–H groups in total. The summed E-state index contributed by atoms with van der Waals surface area (Å²) in [7, 11) is 0. The Kier molecular flexibility index (Phi) is 5.82. The second kappa shape index (κ2) is 7.14. The van der Waals surface area contributed by atoms with Crippen molar-refractivity contribution in [1.82, 2.24) is 5.32 Å². The lowest BCUT2D eigenvalue weighted by atomic mass is 10.1. The van der Waals surface area contributed by atoms with Gasteiger partial charge in [-0.1, -0.05) is 6.07 Å². The summed E-state index contributed by atoms with van der Waals surface area (Å²) in [5.74, 6) is -0.632. The zero-order valence-corrected chi connectivity index (χ0v) is 11.0. The van der Waals surface area contributed by atoms with Gasteiger partial charge in [-0.2, -0.15) is 13.2 Å². The van der Waals surface area contributed by atoms with Crippen LogP contribution in [0.1, 0.15) is 24.5 Å². The van der Waals surface area contributed by atoms with Crippen LogP contribution in [0.2, 0.25) is 0 Å². The van der Waals surface area contributed by atoms with Crippen LogP contribution in [0.5, 0.6) is 5.75 Å². The normalized spacial score (nSPS) is 11.2. The molecule has 4 nitrogen and oxygen atoms in total. The third kappa shape index (κ3) is 4.73. The number of rotatable bonds is 6. The van der Waals surface area contributed by atoms with Crippen LogP contribution >= 0.6 is 0 Å². The summed E-state index contributed by atoms with van der Waals surface area (Å²) in [6.45, 7) is 1.57. The van der Waals surface area contributed by atoms with Crippen LogP contribution in [0.25, 0.3) is 0 Å². The predicted molar refractivity (Wildman–Crippen MR) is 66.2 cm³/mol. The summed E-state index contributed by atoms with van der Waals surface area (Å²) in [5.41, 5.74) is -0.812. The molecule has 0 radical (unpaired) electrons. The van der Waals surface area contributed by atoms with Crippen LogP contribution < -0.4 is 10.1 Å². The van der Waals surface area contributed by atoms with Gasteiger partial charge < -0.3 is 15.2 Å². The van der Waals surface area contributed by atoms with Crippen molar-refractivity contribution < 1.29 is 27.8 Å². The summed E-state index contributed by atoms with van der Waals surface area (Å²) < 4.78 is 43.5. The third-order valence-corrected chi connectivity index (χ3v) is 2.49. The Balaban J connectivity index is 2.76. The number of amides is 1. The van der Waals surface area contributed by atoms with E-state index in [2.05, 4.69) is 5.32 Å². The molecule has 112 valence electrons. The van der Waals surface area contributed by atoms with Gasteiger partial charge >= 0.3 is 6.18 Å². The molecule has 0 saturated carbocycles. The first-order chi connectivity index (χ1) is 9.38. The Morgan fingerprint density at radius 1 is 1.40 bits per heavy atom. The van der Waals surface area contributed by atoms with Crippen molar-refractivity contribution in [2.75, 3.05) is 13.2 Å². The number of halogens is 3. The van der Waals surface area contributed by atoms with E-state index in [1.54, 1.807) is 6.92 Å². The number of aliphatic hydroxyl groups excluding tert-OH is 1. The molecule has 0 aliphatic heterocycles. The Bertz CT molecular complexity index is 461. The van der Waals surface area contributed by atoms with Crippen LogP contribution in [0.4, 0.5) is 13.2 Å². The van der Waals surface area contributed by atoms with Crippen LogP contribution in [0, 0.1) is 0 Å². The van der Waals surface area contributed by atoms with E-state index in [1.165, 1.54) is 6.07 Å². The average molecular weight is 291 g/mol. The quantitative estimate of drug-likeness (QED) is 0.844. The van der Waals surface area contributed by atoms with E-state index in [4.69, 9.17) is 9.84 Å². The highest BCUT2D eigenvalue weighted by Crippen LogP contribution is 2.36. The number of aliphatic hydroxyl groups is 1. The van der Waals surface area contributed by atoms with Crippen molar-refractivity contribution in [3.05, 3.63) is 29.3 Å². The van der Waals surface area contributed by atoms with Gasteiger partial charge in [0.1, 0.15) is 5.75 Å². The van der Waals surface area contributed by atoms with E-state index in [-0.39, 0.29) is 30.2 Å². The van der Waals surface area contributed by atoms with Gasteiger partial charge in [0.05, 0.1) is 25.2 Å². The minimum absolute atomic E-state index is 0.0209. The highest BCUT2D eigenvalue weighted by Gasteiger charge is 2.34. The molecule has 0 aliphatic rings. The smallest absolute Gasteiger partial charge is 0.419 e. The highest BCUT2D eigenvalue weighted by atomic mass is 19.4. The molecule has 0 fully saturated rings. The van der Waals surface area contributed by atoms with E-state index >= 15 is 0 Å². The molecule has 0 aliphatic carbocycles. The fourth-order valence-corrected chi connectivity index (χ4v) is 1.56. The lowest BCUT2D eigenvalue weighted by Crippen LogP contribution is -2.24. The molecule has 0 spiro atoms. The topological polar surface area (TPSA) is 58.6 Å². The maximum Gasteiger partial charge on any atom is 0.419 e. The fraction of sp³-hybridized carbons (Fsp3) is 0.462. The first-order valence-electron chi connectivity index (χ1n) is 6.09. The number of benzene rings is 1. The van der Waals surface area contributed by atoms with Gasteiger partial charge in [0.25, 0.3) is 0 Å². The summed E-state index contributed by atoms with van der Waals surface area (Å²) >= 11 is 0. The molecule has 0 aromatic heterocycles. The van der Waals surface area contributed by atoms with E-state index in [9.17, 15) is 18.0 Å². The lowest BCUT2D eigenvalue weighted by Gasteiger charge is -2.15. The Labute approximate surface area is 114 Å².